The monoisotopic (exact) mass is 304 g/mol. The molecule has 0 bridgehead atoms. The van der Waals surface area contributed by atoms with Crippen LogP contribution in [0.2, 0.25) is 0 Å². The normalized spacial score (nSPS) is 10.2. The summed E-state index contributed by atoms with van der Waals surface area (Å²) in [6.45, 7) is 0.522. The summed E-state index contributed by atoms with van der Waals surface area (Å²) in [7, 11) is 3.54. The Balaban J connectivity index is 2.27. The number of nitrogens with two attached hydrogens (primary N) is 1. The van der Waals surface area contributed by atoms with E-state index in [0.717, 1.165) is 17.0 Å². The summed E-state index contributed by atoms with van der Waals surface area (Å²) in [5.74, 6) is 0.426. The van der Waals surface area contributed by atoms with Gasteiger partial charge in [-0.15, -0.1) is 0 Å². The second-order valence-corrected chi connectivity index (χ2v) is 5.18. The number of ether oxygens (including phenoxy) is 1. The van der Waals surface area contributed by atoms with E-state index in [9.17, 15) is 4.39 Å². The fourth-order valence-corrected chi connectivity index (χ4v) is 2.31. The molecular formula is C16H17FN2OS. The minimum Gasteiger partial charge on any atom is -0.495 e. The topological polar surface area (TPSA) is 38.5 Å². The van der Waals surface area contributed by atoms with Gasteiger partial charge in [-0.2, -0.15) is 0 Å². The number of nitrogens with zero attached hydrogens (tertiary/aromatic N) is 1. The minimum atomic E-state index is -0.344. The maximum Gasteiger partial charge on any atom is 0.142 e. The van der Waals surface area contributed by atoms with Crippen molar-refractivity contribution in [3.05, 3.63) is 59.4 Å². The van der Waals surface area contributed by atoms with E-state index in [1.165, 1.54) is 12.1 Å². The van der Waals surface area contributed by atoms with E-state index in [4.69, 9.17) is 22.7 Å². The number of rotatable bonds is 5. The van der Waals surface area contributed by atoms with Crippen LogP contribution in [0.25, 0.3) is 0 Å². The van der Waals surface area contributed by atoms with Crippen molar-refractivity contribution in [1.82, 2.24) is 0 Å². The number of anilines is 1. The van der Waals surface area contributed by atoms with Crippen molar-refractivity contribution < 1.29 is 9.13 Å². The summed E-state index contributed by atoms with van der Waals surface area (Å²) in [5, 5.41) is 0. The van der Waals surface area contributed by atoms with E-state index in [-0.39, 0.29) is 10.8 Å². The molecule has 3 nitrogen and oxygen atoms in total. The van der Waals surface area contributed by atoms with Crippen LogP contribution in [0.4, 0.5) is 10.1 Å². The first-order valence-corrected chi connectivity index (χ1v) is 6.85. The fourth-order valence-electron chi connectivity index (χ4n) is 2.19. The SMILES string of the molecule is COc1ccccc1N(C)Cc1cc(F)cc(C(N)=S)c1. The minimum absolute atomic E-state index is 0.190. The van der Waals surface area contributed by atoms with Crippen LogP contribution in [-0.2, 0) is 6.54 Å². The highest BCUT2D eigenvalue weighted by atomic mass is 32.1. The van der Waals surface area contributed by atoms with Gasteiger partial charge in [-0.25, -0.2) is 4.39 Å². The summed E-state index contributed by atoms with van der Waals surface area (Å²) >= 11 is 4.91. The van der Waals surface area contributed by atoms with Gasteiger partial charge in [0.25, 0.3) is 0 Å². The molecule has 0 unspecified atom stereocenters. The molecule has 0 amide bonds. The van der Waals surface area contributed by atoms with Gasteiger partial charge >= 0.3 is 0 Å². The first kappa shape index (κ1) is 15.3. The Morgan fingerprint density at radius 1 is 1.29 bits per heavy atom. The van der Waals surface area contributed by atoms with Crippen molar-refractivity contribution in [3.8, 4) is 5.75 Å². The molecular weight excluding hydrogens is 287 g/mol. The summed E-state index contributed by atoms with van der Waals surface area (Å²) in [6, 6.07) is 12.3. The molecule has 0 fully saturated rings. The molecule has 2 N–H and O–H groups in total. The van der Waals surface area contributed by atoms with E-state index in [1.54, 1.807) is 13.2 Å². The Labute approximate surface area is 129 Å². The quantitative estimate of drug-likeness (QED) is 0.862. The number of halogens is 1. The molecule has 0 saturated heterocycles. The van der Waals surface area contributed by atoms with E-state index < -0.39 is 0 Å². The lowest BCUT2D eigenvalue weighted by Crippen LogP contribution is -2.18. The van der Waals surface area contributed by atoms with Crippen LogP contribution in [0.1, 0.15) is 11.1 Å². The first-order chi connectivity index (χ1) is 10.0. The third-order valence-electron chi connectivity index (χ3n) is 3.16. The highest BCUT2D eigenvalue weighted by Gasteiger charge is 2.10. The van der Waals surface area contributed by atoms with E-state index >= 15 is 0 Å². The summed E-state index contributed by atoms with van der Waals surface area (Å²) < 4.78 is 19.0. The Kier molecular flexibility index (Phi) is 4.75. The molecule has 2 aromatic rings. The Bertz CT molecular complexity index is 660. The van der Waals surface area contributed by atoms with Crippen LogP contribution >= 0.6 is 12.2 Å². The second-order valence-electron chi connectivity index (χ2n) is 4.74. The lowest BCUT2D eigenvalue weighted by molar-refractivity contribution is 0.415. The molecule has 0 radical (unpaired) electrons. The maximum absolute atomic E-state index is 13.6. The predicted octanol–water partition coefficient (Wildman–Crippen LogP) is 3.10. The van der Waals surface area contributed by atoms with Crippen LogP contribution in [0.5, 0.6) is 5.75 Å². The number of thiocarbonyl (C=S) groups is 1. The molecule has 2 rings (SSSR count). The second kappa shape index (κ2) is 6.54. The Hall–Kier alpha value is -2.14. The largest absolute Gasteiger partial charge is 0.495 e. The smallest absolute Gasteiger partial charge is 0.142 e. The number of methoxy groups -OCH3 is 1. The van der Waals surface area contributed by atoms with E-state index in [2.05, 4.69) is 0 Å². The molecule has 0 aliphatic carbocycles. The predicted molar refractivity (Wildman–Crippen MR) is 87.4 cm³/mol. The van der Waals surface area contributed by atoms with Gasteiger partial charge in [0.2, 0.25) is 0 Å². The number of benzene rings is 2. The Morgan fingerprint density at radius 2 is 2.00 bits per heavy atom. The van der Waals surface area contributed by atoms with E-state index in [1.807, 2.05) is 36.2 Å². The third kappa shape index (κ3) is 3.70. The molecule has 0 heterocycles. The van der Waals surface area contributed by atoms with Crippen molar-refractivity contribution in [2.24, 2.45) is 5.73 Å². The van der Waals surface area contributed by atoms with Crippen molar-refractivity contribution >= 4 is 22.9 Å². The fraction of sp³-hybridized carbons (Fsp3) is 0.188. The van der Waals surface area contributed by atoms with Crippen LogP contribution in [-0.4, -0.2) is 19.1 Å². The highest BCUT2D eigenvalue weighted by Crippen LogP contribution is 2.27. The van der Waals surface area contributed by atoms with Crippen molar-refractivity contribution in [2.45, 2.75) is 6.54 Å². The average molecular weight is 304 g/mol. The zero-order valence-electron chi connectivity index (χ0n) is 12.0. The molecule has 5 heteroatoms. The number of hydrogen-bond acceptors (Lipinski definition) is 3. The molecule has 0 saturated carbocycles. The standard InChI is InChI=1S/C16H17FN2OS/c1-19(14-5-3-4-6-15(14)20-2)10-11-7-12(16(18)21)9-13(17)8-11/h3-9H,10H2,1-2H3,(H2,18,21). The van der Waals surface area contributed by atoms with E-state index in [0.29, 0.717) is 12.1 Å². The molecule has 0 atom stereocenters. The highest BCUT2D eigenvalue weighted by molar-refractivity contribution is 7.80. The summed E-state index contributed by atoms with van der Waals surface area (Å²) in [4.78, 5) is 2.17. The van der Waals surface area contributed by atoms with Gasteiger partial charge in [0.1, 0.15) is 16.6 Å². The first-order valence-electron chi connectivity index (χ1n) is 6.44. The lowest BCUT2D eigenvalue weighted by Gasteiger charge is -2.22. The molecule has 0 aliphatic heterocycles. The zero-order valence-corrected chi connectivity index (χ0v) is 12.8. The zero-order chi connectivity index (χ0) is 15.4. The van der Waals surface area contributed by atoms with Gasteiger partial charge < -0.3 is 15.4 Å². The van der Waals surface area contributed by atoms with Gasteiger partial charge in [0.05, 0.1) is 12.8 Å². The number of para-hydroxylation sites is 2. The van der Waals surface area contributed by atoms with Gasteiger partial charge in [0.15, 0.2) is 0 Å². The number of hydrogen-bond donors (Lipinski definition) is 1. The van der Waals surface area contributed by atoms with Gasteiger partial charge in [-0.3, -0.25) is 0 Å². The average Bonchev–Trinajstić information content (AvgIpc) is 2.46. The third-order valence-corrected chi connectivity index (χ3v) is 3.39. The Morgan fingerprint density at radius 3 is 2.67 bits per heavy atom. The maximum atomic E-state index is 13.6. The lowest BCUT2D eigenvalue weighted by atomic mass is 10.1. The molecule has 21 heavy (non-hydrogen) atoms. The summed E-state index contributed by atoms with van der Waals surface area (Å²) in [5.41, 5.74) is 7.83. The molecule has 0 aromatic heterocycles. The van der Waals surface area contributed by atoms with Crippen LogP contribution in [0.15, 0.2) is 42.5 Å². The molecule has 110 valence electrons. The van der Waals surface area contributed by atoms with Crippen LogP contribution in [0.3, 0.4) is 0 Å². The van der Waals surface area contributed by atoms with Gasteiger partial charge in [-0.05, 0) is 35.9 Å². The summed E-state index contributed by atoms with van der Waals surface area (Å²) in [6.07, 6.45) is 0. The molecule has 0 aliphatic rings. The van der Waals surface area contributed by atoms with Crippen molar-refractivity contribution in [1.29, 1.82) is 0 Å². The van der Waals surface area contributed by atoms with Crippen LogP contribution < -0.4 is 15.4 Å². The van der Waals surface area contributed by atoms with Gasteiger partial charge in [-0.1, -0.05) is 24.4 Å². The molecule has 2 aromatic carbocycles. The van der Waals surface area contributed by atoms with Crippen molar-refractivity contribution in [3.63, 3.8) is 0 Å². The molecule has 0 spiro atoms. The van der Waals surface area contributed by atoms with Crippen LogP contribution in [0, 0.1) is 5.82 Å². The van der Waals surface area contributed by atoms with Crippen molar-refractivity contribution in [2.75, 3.05) is 19.1 Å². The van der Waals surface area contributed by atoms with Gasteiger partial charge in [0, 0.05) is 19.2 Å².